The Kier molecular flexibility index (Phi) is 10.2. The summed E-state index contributed by atoms with van der Waals surface area (Å²) in [6, 6.07) is 18.1. The first-order valence-corrected chi connectivity index (χ1v) is 14.1. The predicted octanol–water partition coefficient (Wildman–Crippen LogP) is 5.18. The molecule has 3 aromatic rings. The van der Waals surface area contributed by atoms with Crippen LogP contribution >= 0.6 is 23.2 Å². The van der Waals surface area contributed by atoms with Crippen LogP contribution in [0.1, 0.15) is 47.2 Å². The number of Topliss-reactive ketones (excluding diaryl/α,β-unsaturated/α-hetero) is 2. The van der Waals surface area contributed by atoms with E-state index in [1.807, 2.05) is 30.3 Å². The summed E-state index contributed by atoms with van der Waals surface area (Å²) in [6.45, 7) is 0.381. The van der Waals surface area contributed by atoms with Crippen molar-refractivity contribution in [3.05, 3.63) is 93.5 Å². The number of benzene rings is 3. The van der Waals surface area contributed by atoms with Gasteiger partial charge in [-0.3, -0.25) is 19.2 Å². The lowest BCUT2D eigenvalue weighted by molar-refractivity contribution is -0.141. The summed E-state index contributed by atoms with van der Waals surface area (Å²) >= 11 is 12.0. The van der Waals surface area contributed by atoms with Gasteiger partial charge in [-0.05, 0) is 30.2 Å². The van der Waals surface area contributed by atoms with Gasteiger partial charge in [0.15, 0.2) is 11.6 Å². The first-order chi connectivity index (χ1) is 19.7. The summed E-state index contributed by atoms with van der Waals surface area (Å²) < 4.78 is 0. The van der Waals surface area contributed by atoms with Gasteiger partial charge in [0.1, 0.15) is 5.75 Å². The third-order valence-electron chi connectivity index (χ3n) is 7.23. The average molecular weight is 597 g/mol. The Bertz CT molecular complexity index is 1450. The van der Waals surface area contributed by atoms with E-state index in [0.717, 1.165) is 11.1 Å². The lowest BCUT2D eigenvalue weighted by Crippen LogP contribution is -2.49. The molecule has 8 nitrogen and oxygen atoms in total. The van der Waals surface area contributed by atoms with Gasteiger partial charge < -0.3 is 21.1 Å². The van der Waals surface area contributed by atoms with Gasteiger partial charge in [-0.1, -0.05) is 77.8 Å². The molecule has 3 aromatic carbocycles. The highest BCUT2D eigenvalue weighted by Crippen LogP contribution is 2.34. The SMILES string of the molecule is NCC[C@H](CC(=O)[C@@H]1Cc2ccccc2CN1C(=O)CCC(=O)c1ccccc1)C(=O)Nc1cc(Cl)c(Cl)cc1O. The molecule has 0 unspecified atom stereocenters. The molecule has 41 heavy (non-hydrogen) atoms. The standard InChI is InChI=1S/C31H31Cl2N3O5/c32-23-16-25(28(38)17-24(23)33)35-31(41)21(12-13-34)15-29(39)26-14-20-8-4-5-9-22(20)18-36(26)30(40)11-10-27(37)19-6-2-1-3-7-19/h1-9,16-17,21,26,38H,10-15,18,34H2,(H,35,41)/t21-,26+/m1/s1. The lowest BCUT2D eigenvalue weighted by atomic mass is 9.87. The van der Waals surface area contributed by atoms with Crippen LogP contribution in [0.5, 0.6) is 5.75 Å². The van der Waals surface area contributed by atoms with E-state index in [-0.39, 0.29) is 77.7 Å². The second-order valence-corrected chi connectivity index (χ2v) is 10.8. The molecule has 4 rings (SSSR count). The lowest BCUT2D eigenvalue weighted by Gasteiger charge is -2.36. The van der Waals surface area contributed by atoms with Crippen molar-refractivity contribution < 1.29 is 24.3 Å². The molecule has 0 fully saturated rings. The minimum atomic E-state index is -0.810. The van der Waals surface area contributed by atoms with Gasteiger partial charge in [-0.2, -0.15) is 0 Å². The number of halogens is 2. The molecule has 0 bridgehead atoms. The second kappa shape index (κ2) is 13.8. The largest absolute Gasteiger partial charge is 0.506 e. The Balaban J connectivity index is 1.50. The zero-order chi connectivity index (χ0) is 29.5. The van der Waals surface area contributed by atoms with Crippen LogP contribution in [0.3, 0.4) is 0 Å². The Hall–Kier alpha value is -3.72. The Morgan fingerprint density at radius 1 is 0.951 bits per heavy atom. The monoisotopic (exact) mass is 595 g/mol. The van der Waals surface area contributed by atoms with Crippen LogP contribution in [-0.2, 0) is 27.3 Å². The van der Waals surface area contributed by atoms with Crippen LogP contribution in [-0.4, -0.2) is 46.0 Å². The van der Waals surface area contributed by atoms with Crippen LogP contribution in [0, 0.1) is 5.92 Å². The summed E-state index contributed by atoms with van der Waals surface area (Å²) in [5, 5.41) is 13.1. The zero-order valence-electron chi connectivity index (χ0n) is 22.3. The van der Waals surface area contributed by atoms with E-state index in [9.17, 15) is 24.3 Å². The van der Waals surface area contributed by atoms with Crippen molar-refractivity contribution in [1.29, 1.82) is 0 Å². The summed E-state index contributed by atoms with van der Waals surface area (Å²) in [4.78, 5) is 54.4. The third kappa shape index (κ3) is 7.52. The van der Waals surface area contributed by atoms with Crippen molar-refractivity contribution in [1.82, 2.24) is 4.90 Å². The predicted molar refractivity (Wildman–Crippen MR) is 158 cm³/mol. The molecular weight excluding hydrogens is 565 g/mol. The highest BCUT2D eigenvalue weighted by Gasteiger charge is 2.36. The number of phenolic OH excluding ortho intramolecular Hbond substituents is 1. The number of fused-ring (bicyclic) bond motifs is 1. The van der Waals surface area contributed by atoms with Gasteiger partial charge in [-0.25, -0.2) is 0 Å². The molecule has 0 spiro atoms. The van der Waals surface area contributed by atoms with E-state index in [0.29, 0.717) is 12.0 Å². The number of hydrogen-bond acceptors (Lipinski definition) is 6. The number of nitrogens with zero attached hydrogens (tertiary/aromatic N) is 1. The van der Waals surface area contributed by atoms with Crippen molar-refractivity contribution >= 4 is 52.3 Å². The normalized spacial score (nSPS) is 15.1. The summed E-state index contributed by atoms with van der Waals surface area (Å²) in [6.07, 6.45) is 0.335. The third-order valence-corrected chi connectivity index (χ3v) is 7.95. The summed E-state index contributed by atoms with van der Waals surface area (Å²) in [5.41, 5.74) is 8.25. The molecule has 0 radical (unpaired) electrons. The smallest absolute Gasteiger partial charge is 0.228 e. The van der Waals surface area contributed by atoms with Crippen LogP contribution in [0.4, 0.5) is 5.69 Å². The molecular formula is C31H31Cl2N3O5. The topological polar surface area (TPSA) is 130 Å². The van der Waals surface area contributed by atoms with Gasteiger partial charge in [-0.15, -0.1) is 0 Å². The quantitative estimate of drug-likeness (QED) is 0.207. The summed E-state index contributed by atoms with van der Waals surface area (Å²) in [5.74, 6) is -2.33. The molecule has 0 aromatic heterocycles. The second-order valence-electron chi connectivity index (χ2n) is 10.0. The van der Waals surface area contributed by atoms with Crippen LogP contribution in [0.2, 0.25) is 10.0 Å². The number of carbonyl (C=O) groups excluding carboxylic acids is 4. The number of aromatic hydroxyl groups is 1. The molecule has 1 aliphatic heterocycles. The van der Waals surface area contributed by atoms with E-state index < -0.39 is 17.9 Å². The fraction of sp³-hybridized carbons (Fsp3) is 0.290. The highest BCUT2D eigenvalue weighted by molar-refractivity contribution is 6.42. The number of nitrogens with two attached hydrogens (primary N) is 1. The Morgan fingerprint density at radius 2 is 1.61 bits per heavy atom. The maximum absolute atomic E-state index is 13.7. The van der Waals surface area contributed by atoms with E-state index in [1.165, 1.54) is 17.0 Å². The maximum Gasteiger partial charge on any atom is 0.228 e. The Labute approximate surface area is 248 Å². The molecule has 0 aliphatic carbocycles. The van der Waals surface area contributed by atoms with E-state index in [2.05, 4.69) is 5.32 Å². The number of ketones is 2. The minimum absolute atomic E-state index is 0.0211. The van der Waals surface area contributed by atoms with E-state index in [1.54, 1.807) is 24.3 Å². The first kappa shape index (κ1) is 30.2. The van der Waals surface area contributed by atoms with Crippen molar-refractivity contribution in [2.45, 2.75) is 44.7 Å². The van der Waals surface area contributed by atoms with Crippen molar-refractivity contribution in [2.24, 2.45) is 11.7 Å². The molecule has 2 atom stereocenters. The van der Waals surface area contributed by atoms with Gasteiger partial charge in [0.2, 0.25) is 11.8 Å². The number of nitrogens with one attached hydrogen (secondary N) is 1. The van der Waals surface area contributed by atoms with Gasteiger partial charge in [0.05, 0.1) is 21.8 Å². The molecule has 0 saturated heterocycles. The first-order valence-electron chi connectivity index (χ1n) is 13.3. The summed E-state index contributed by atoms with van der Waals surface area (Å²) in [7, 11) is 0. The van der Waals surface area contributed by atoms with Gasteiger partial charge in [0.25, 0.3) is 0 Å². The van der Waals surface area contributed by atoms with Crippen LogP contribution in [0.25, 0.3) is 0 Å². The molecule has 214 valence electrons. The minimum Gasteiger partial charge on any atom is -0.506 e. The number of amides is 2. The number of hydrogen-bond donors (Lipinski definition) is 3. The molecule has 2 amide bonds. The van der Waals surface area contributed by atoms with Crippen molar-refractivity contribution in [3.8, 4) is 5.75 Å². The van der Waals surface area contributed by atoms with Gasteiger partial charge in [0, 0.05) is 49.8 Å². The van der Waals surface area contributed by atoms with Crippen LogP contribution in [0.15, 0.2) is 66.7 Å². The number of rotatable bonds is 11. The van der Waals surface area contributed by atoms with Crippen LogP contribution < -0.4 is 11.1 Å². The molecule has 1 heterocycles. The van der Waals surface area contributed by atoms with Crippen molar-refractivity contribution in [2.75, 3.05) is 11.9 Å². The van der Waals surface area contributed by atoms with Crippen molar-refractivity contribution in [3.63, 3.8) is 0 Å². The molecule has 0 saturated carbocycles. The van der Waals surface area contributed by atoms with E-state index in [4.69, 9.17) is 28.9 Å². The molecule has 10 heteroatoms. The number of anilines is 1. The zero-order valence-corrected chi connectivity index (χ0v) is 23.8. The Morgan fingerprint density at radius 3 is 2.32 bits per heavy atom. The fourth-order valence-corrected chi connectivity index (χ4v) is 5.30. The fourth-order valence-electron chi connectivity index (χ4n) is 4.98. The highest BCUT2D eigenvalue weighted by atomic mass is 35.5. The number of carbonyl (C=O) groups is 4. The average Bonchev–Trinajstić information content (AvgIpc) is 2.97. The van der Waals surface area contributed by atoms with Gasteiger partial charge >= 0.3 is 0 Å². The maximum atomic E-state index is 13.7. The number of phenols is 1. The molecule has 1 aliphatic rings. The van der Waals surface area contributed by atoms with E-state index >= 15 is 0 Å². The molecule has 4 N–H and O–H groups in total.